The quantitative estimate of drug-likeness (QED) is 0.354. The lowest BCUT2D eigenvalue weighted by Crippen LogP contribution is -2.26. The highest BCUT2D eigenvalue weighted by Crippen LogP contribution is 2.37. The molecule has 0 radical (unpaired) electrons. The van der Waals surface area contributed by atoms with Gasteiger partial charge < -0.3 is 15.0 Å². The third-order valence-electron chi connectivity index (χ3n) is 4.07. The minimum atomic E-state index is -0.474. The number of anilines is 1. The van der Waals surface area contributed by atoms with E-state index in [0.717, 1.165) is 34.7 Å². The number of rotatable bonds is 5. The number of esters is 1. The lowest BCUT2D eigenvalue weighted by molar-refractivity contribution is -0.380. The van der Waals surface area contributed by atoms with Gasteiger partial charge >= 0.3 is 11.0 Å². The monoisotopic (exact) mass is 407 g/mol. The molecule has 1 aliphatic rings. The minimum Gasteiger partial charge on any atom is -0.465 e. The third kappa shape index (κ3) is 4.24. The van der Waals surface area contributed by atoms with Crippen LogP contribution in [0.15, 0.2) is 18.2 Å². The summed E-state index contributed by atoms with van der Waals surface area (Å²) in [6.45, 7) is 1.55. The molecule has 1 aliphatic heterocycles. The van der Waals surface area contributed by atoms with Crippen LogP contribution in [0, 0.1) is 10.1 Å². The van der Waals surface area contributed by atoms with Crippen LogP contribution in [-0.4, -0.2) is 42.4 Å². The number of ether oxygens (including phenoxy) is 1. The Labute approximate surface area is 163 Å². The summed E-state index contributed by atoms with van der Waals surface area (Å²) in [5, 5.41) is 13.9. The van der Waals surface area contributed by atoms with Crippen LogP contribution in [0.25, 0.3) is 6.08 Å². The van der Waals surface area contributed by atoms with E-state index in [2.05, 4.69) is 10.2 Å². The van der Waals surface area contributed by atoms with Crippen molar-refractivity contribution in [1.82, 2.24) is 4.90 Å². The molecule has 1 N–H and O–H groups in total. The predicted octanol–water partition coefficient (Wildman–Crippen LogP) is 3.14. The summed E-state index contributed by atoms with van der Waals surface area (Å²) in [5.41, 5.74) is 1.34. The smallest absolute Gasteiger partial charge is 0.341 e. The van der Waals surface area contributed by atoms with Crippen molar-refractivity contribution in [1.29, 1.82) is 0 Å². The van der Waals surface area contributed by atoms with Gasteiger partial charge in [0.25, 0.3) is 0 Å². The molecule has 27 heavy (non-hydrogen) atoms. The zero-order chi connectivity index (χ0) is 19.6. The summed E-state index contributed by atoms with van der Waals surface area (Å²) in [6.07, 6.45) is 3.52. The van der Waals surface area contributed by atoms with Crippen molar-refractivity contribution in [2.45, 2.75) is 13.0 Å². The number of carbonyl (C=O) groups is 2. The van der Waals surface area contributed by atoms with Crippen LogP contribution < -0.4 is 5.32 Å². The van der Waals surface area contributed by atoms with Gasteiger partial charge in [-0.25, -0.2) is 4.79 Å². The molecule has 142 valence electrons. The molecule has 0 aromatic carbocycles. The Morgan fingerprint density at radius 2 is 2.15 bits per heavy atom. The molecule has 0 bridgehead atoms. The number of thiophene rings is 2. The zero-order valence-corrected chi connectivity index (χ0v) is 16.3. The zero-order valence-electron chi connectivity index (χ0n) is 14.7. The fourth-order valence-corrected chi connectivity index (χ4v) is 4.82. The van der Waals surface area contributed by atoms with Gasteiger partial charge in [-0.05, 0) is 31.2 Å². The van der Waals surface area contributed by atoms with Crippen molar-refractivity contribution >= 4 is 50.6 Å². The van der Waals surface area contributed by atoms with Gasteiger partial charge in [0.05, 0.1) is 17.6 Å². The molecule has 10 heteroatoms. The lowest BCUT2D eigenvalue weighted by atomic mass is 10.0. The van der Waals surface area contributed by atoms with Gasteiger partial charge in [0.15, 0.2) is 0 Å². The maximum atomic E-state index is 12.3. The average molecular weight is 407 g/mol. The van der Waals surface area contributed by atoms with Crippen molar-refractivity contribution in [3.8, 4) is 0 Å². The average Bonchev–Trinajstić information content (AvgIpc) is 3.23. The molecular weight excluding hydrogens is 390 g/mol. The molecule has 0 atom stereocenters. The Morgan fingerprint density at radius 3 is 2.81 bits per heavy atom. The topological polar surface area (TPSA) is 102 Å². The van der Waals surface area contributed by atoms with E-state index in [0.29, 0.717) is 22.0 Å². The third-order valence-corrected chi connectivity index (χ3v) is 6.20. The molecule has 8 nitrogen and oxygen atoms in total. The summed E-state index contributed by atoms with van der Waals surface area (Å²) >= 11 is 2.35. The molecule has 3 heterocycles. The van der Waals surface area contributed by atoms with Crippen LogP contribution in [-0.2, 0) is 22.5 Å². The first-order valence-corrected chi connectivity index (χ1v) is 9.67. The highest BCUT2D eigenvalue weighted by Gasteiger charge is 2.28. The van der Waals surface area contributed by atoms with Crippen molar-refractivity contribution in [3.63, 3.8) is 0 Å². The number of nitrogens with one attached hydrogen (secondary N) is 1. The van der Waals surface area contributed by atoms with Gasteiger partial charge in [0.1, 0.15) is 5.00 Å². The van der Waals surface area contributed by atoms with Crippen LogP contribution >= 0.6 is 22.7 Å². The molecule has 1 amide bonds. The molecule has 0 unspecified atom stereocenters. The van der Waals surface area contributed by atoms with E-state index in [9.17, 15) is 19.7 Å². The first kappa shape index (κ1) is 19.2. The SMILES string of the molecule is COC(=O)c1c(NC(=O)C=Cc2ccc([N+](=O)[O-])s2)sc2c1CCN(C)C2. The number of amides is 1. The molecule has 3 rings (SSSR count). The van der Waals surface area contributed by atoms with Crippen LogP contribution in [0.4, 0.5) is 10.0 Å². The van der Waals surface area contributed by atoms with E-state index in [1.807, 2.05) is 7.05 Å². The molecule has 0 saturated heterocycles. The second-order valence-electron chi connectivity index (χ2n) is 5.94. The molecular formula is C17H17N3O5S2. The standard InChI is InChI=1S/C17H17N3O5S2/c1-19-8-7-11-12(9-19)27-16(15(11)17(22)25-2)18-13(21)5-3-10-4-6-14(26-10)20(23)24/h3-6H,7-9H2,1-2H3,(H,18,21). The van der Waals surface area contributed by atoms with Gasteiger partial charge in [-0.1, -0.05) is 11.3 Å². The van der Waals surface area contributed by atoms with Crippen LogP contribution in [0.5, 0.6) is 0 Å². The number of fused-ring (bicyclic) bond motifs is 1. The number of likely N-dealkylation sites (N-methyl/N-ethyl adjacent to an activating group) is 1. The van der Waals surface area contributed by atoms with Crippen molar-refractivity contribution in [2.24, 2.45) is 0 Å². The summed E-state index contributed by atoms with van der Waals surface area (Å²) in [6, 6.07) is 2.97. The summed E-state index contributed by atoms with van der Waals surface area (Å²) in [7, 11) is 3.32. The fourth-order valence-electron chi connectivity index (χ4n) is 2.78. The summed E-state index contributed by atoms with van der Waals surface area (Å²) < 4.78 is 4.89. The Morgan fingerprint density at radius 1 is 1.37 bits per heavy atom. The number of nitro groups is 1. The van der Waals surface area contributed by atoms with Gasteiger partial charge in [0, 0.05) is 35.0 Å². The highest BCUT2D eigenvalue weighted by molar-refractivity contribution is 7.17. The molecule has 0 aliphatic carbocycles. The van der Waals surface area contributed by atoms with Gasteiger partial charge in [-0.3, -0.25) is 14.9 Å². The fraction of sp³-hybridized carbons (Fsp3) is 0.294. The van der Waals surface area contributed by atoms with E-state index < -0.39 is 16.8 Å². The van der Waals surface area contributed by atoms with E-state index >= 15 is 0 Å². The molecule has 0 saturated carbocycles. The summed E-state index contributed by atoms with van der Waals surface area (Å²) in [5.74, 6) is -0.881. The van der Waals surface area contributed by atoms with Crippen LogP contribution in [0.3, 0.4) is 0 Å². The Kier molecular flexibility index (Phi) is 5.68. The highest BCUT2D eigenvalue weighted by atomic mass is 32.1. The first-order chi connectivity index (χ1) is 12.9. The van der Waals surface area contributed by atoms with Crippen LogP contribution in [0.1, 0.15) is 25.7 Å². The molecule has 2 aromatic heterocycles. The Balaban J connectivity index is 1.79. The number of methoxy groups -OCH3 is 1. The summed E-state index contributed by atoms with van der Waals surface area (Å²) in [4.78, 5) is 38.5. The first-order valence-electron chi connectivity index (χ1n) is 8.03. The van der Waals surface area contributed by atoms with Gasteiger partial charge in [-0.2, -0.15) is 0 Å². The van der Waals surface area contributed by atoms with E-state index in [4.69, 9.17) is 4.74 Å². The molecule has 0 fully saturated rings. The number of carbonyl (C=O) groups excluding carboxylic acids is 2. The van der Waals surface area contributed by atoms with Crippen molar-refractivity contribution in [2.75, 3.05) is 26.0 Å². The Hall–Kier alpha value is -2.56. The van der Waals surface area contributed by atoms with Gasteiger partial charge in [0.2, 0.25) is 5.91 Å². The maximum absolute atomic E-state index is 12.3. The largest absolute Gasteiger partial charge is 0.465 e. The van der Waals surface area contributed by atoms with E-state index in [-0.39, 0.29) is 5.00 Å². The van der Waals surface area contributed by atoms with E-state index in [1.54, 1.807) is 6.07 Å². The lowest BCUT2D eigenvalue weighted by Gasteiger charge is -2.22. The van der Waals surface area contributed by atoms with Crippen molar-refractivity contribution < 1.29 is 19.2 Å². The Bertz CT molecular complexity index is 931. The second-order valence-corrected chi connectivity index (χ2v) is 8.14. The van der Waals surface area contributed by atoms with E-state index in [1.165, 1.54) is 36.7 Å². The maximum Gasteiger partial charge on any atom is 0.341 e. The minimum absolute atomic E-state index is 0.0121. The van der Waals surface area contributed by atoms with Gasteiger partial charge in [-0.15, -0.1) is 11.3 Å². The molecule has 0 spiro atoms. The predicted molar refractivity (Wildman–Crippen MR) is 104 cm³/mol. The molecule has 2 aromatic rings. The number of nitrogens with zero attached hydrogens (tertiary/aromatic N) is 2. The number of hydrogen-bond donors (Lipinski definition) is 1. The van der Waals surface area contributed by atoms with Crippen LogP contribution in [0.2, 0.25) is 0 Å². The second kappa shape index (κ2) is 7.99. The normalized spacial score (nSPS) is 14.1. The van der Waals surface area contributed by atoms with Crippen molar-refractivity contribution in [3.05, 3.63) is 49.2 Å². The number of hydrogen-bond acceptors (Lipinski definition) is 8.